The van der Waals surface area contributed by atoms with Crippen molar-refractivity contribution in [3.05, 3.63) is 110 Å². The van der Waals surface area contributed by atoms with E-state index in [0.29, 0.717) is 33.2 Å². The van der Waals surface area contributed by atoms with Gasteiger partial charge < -0.3 is 5.32 Å². The molecule has 1 heterocycles. The molecule has 0 saturated carbocycles. The third kappa shape index (κ3) is 4.59. The number of aryl methyl sites for hydroxylation is 3. The lowest BCUT2D eigenvalue weighted by atomic mass is 10.0. The zero-order chi connectivity index (χ0) is 23.5. The van der Waals surface area contributed by atoms with E-state index in [9.17, 15) is 9.59 Å². The molecule has 0 radical (unpaired) electrons. The average Bonchev–Trinajstić information content (AvgIpc) is 2.82. The average molecular weight is 458 g/mol. The van der Waals surface area contributed by atoms with Crippen molar-refractivity contribution in [3.8, 4) is 16.8 Å². The Morgan fingerprint density at radius 3 is 2.27 bits per heavy atom. The van der Waals surface area contributed by atoms with Crippen LogP contribution in [0.2, 0.25) is 5.02 Å². The summed E-state index contributed by atoms with van der Waals surface area (Å²) in [7, 11) is 0. The van der Waals surface area contributed by atoms with Crippen LogP contribution in [-0.2, 0) is 6.42 Å². The van der Waals surface area contributed by atoms with E-state index in [1.54, 1.807) is 41.9 Å². The van der Waals surface area contributed by atoms with Gasteiger partial charge in [0.2, 0.25) is 5.43 Å². The number of carbonyl (C=O) groups is 1. The molecule has 5 nitrogen and oxygen atoms in total. The number of halogens is 1. The molecule has 1 N–H and O–H groups in total. The van der Waals surface area contributed by atoms with E-state index in [4.69, 9.17) is 11.6 Å². The topological polar surface area (TPSA) is 64.0 Å². The van der Waals surface area contributed by atoms with Crippen LogP contribution >= 0.6 is 11.6 Å². The van der Waals surface area contributed by atoms with E-state index in [-0.39, 0.29) is 11.3 Å². The lowest BCUT2D eigenvalue weighted by Gasteiger charge is -2.19. The number of benzene rings is 3. The minimum atomic E-state index is -0.313. The minimum Gasteiger partial charge on any atom is -0.306 e. The Bertz CT molecular complexity index is 1370. The van der Waals surface area contributed by atoms with Crippen molar-refractivity contribution in [3.63, 3.8) is 0 Å². The molecule has 166 valence electrons. The molecule has 0 atom stereocenters. The van der Waals surface area contributed by atoms with Gasteiger partial charge in [0.15, 0.2) is 0 Å². The normalized spacial score (nSPS) is 10.8. The van der Waals surface area contributed by atoms with Gasteiger partial charge in [-0.2, -0.15) is 5.10 Å². The highest BCUT2D eigenvalue weighted by Gasteiger charge is 2.21. The van der Waals surface area contributed by atoms with Crippen molar-refractivity contribution in [2.45, 2.75) is 27.2 Å². The maximum Gasteiger partial charge on any atom is 0.257 e. The molecule has 0 spiro atoms. The minimum absolute atomic E-state index is 0.251. The van der Waals surface area contributed by atoms with Crippen LogP contribution in [-0.4, -0.2) is 15.7 Å². The Balaban J connectivity index is 1.96. The summed E-state index contributed by atoms with van der Waals surface area (Å²) >= 11 is 6.08. The molecule has 1 aromatic heterocycles. The number of carbonyl (C=O) groups excluding carboxylic acids is 1. The van der Waals surface area contributed by atoms with Gasteiger partial charge in [-0.15, -0.1) is 0 Å². The molecule has 1 amide bonds. The maximum absolute atomic E-state index is 13.3. The zero-order valence-corrected chi connectivity index (χ0v) is 19.5. The van der Waals surface area contributed by atoms with Crippen LogP contribution in [0.25, 0.3) is 16.8 Å². The molecular formula is C27H24ClN3O2. The first kappa shape index (κ1) is 22.5. The first-order valence-corrected chi connectivity index (χ1v) is 11.1. The summed E-state index contributed by atoms with van der Waals surface area (Å²) in [5.41, 5.74) is 4.37. The Labute approximate surface area is 197 Å². The fourth-order valence-corrected chi connectivity index (χ4v) is 3.83. The SMILES string of the molecule is CCc1ccc(-n2nc(C)c(=O)c(-c3ccc(Cl)cc3)c2NC(=O)c2ccccc2C)cc1. The van der Waals surface area contributed by atoms with Gasteiger partial charge in [-0.05, 0) is 67.3 Å². The number of rotatable bonds is 5. The molecule has 0 aliphatic heterocycles. The van der Waals surface area contributed by atoms with E-state index in [2.05, 4.69) is 17.3 Å². The first-order chi connectivity index (χ1) is 15.9. The first-order valence-electron chi connectivity index (χ1n) is 10.7. The second kappa shape index (κ2) is 9.43. The number of amides is 1. The van der Waals surface area contributed by atoms with Crippen molar-refractivity contribution in [2.75, 3.05) is 5.32 Å². The van der Waals surface area contributed by atoms with E-state index >= 15 is 0 Å². The van der Waals surface area contributed by atoms with Gasteiger partial charge in [0.1, 0.15) is 11.5 Å². The molecule has 33 heavy (non-hydrogen) atoms. The van der Waals surface area contributed by atoms with Gasteiger partial charge >= 0.3 is 0 Å². The van der Waals surface area contributed by atoms with E-state index in [1.807, 2.05) is 49.4 Å². The summed E-state index contributed by atoms with van der Waals surface area (Å²) in [6.45, 7) is 5.63. The third-order valence-corrected chi connectivity index (χ3v) is 5.85. The van der Waals surface area contributed by atoms with Crippen molar-refractivity contribution in [1.29, 1.82) is 0 Å². The van der Waals surface area contributed by atoms with Crippen molar-refractivity contribution in [2.24, 2.45) is 0 Å². The van der Waals surface area contributed by atoms with Gasteiger partial charge in [0.05, 0.1) is 11.3 Å². The second-order valence-corrected chi connectivity index (χ2v) is 8.28. The van der Waals surface area contributed by atoms with Crippen LogP contribution in [0.4, 0.5) is 5.82 Å². The van der Waals surface area contributed by atoms with Crippen LogP contribution in [0.3, 0.4) is 0 Å². The number of aromatic nitrogens is 2. The quantitative estimate of drug-likeness (QED) is 0.400. The van der Waals surface area contributed by atoms with Gasteiger partial charge in [-0.3, -0.25) is 9.59 Å². The molecule has 0 aliphatic rings. The van der Waals surface area contributed by atoms with Crippen LogP contribution in [0.1, 0.15) is 34.1 Å². The van der Waals surface area contributed by atoms with Crippen molar-refractivity contribution < 1.29 is 4.79 Å². The Morgan fingerprint density at radius 1 is 0.970 bits per heavy atom. The smallest absolute Gasteiger partial charge is 0.257 e. The number of hydrogen-bond acceptors (Lipinski definition) is 3. The maximum atomic E-state index is 13.3. The van der Waals surface area contributed by atoms with Gasteiger partial charge in [0.25, 0.3) is 5.91 Å². The molecule has 4 rings (SSSR count). The Morgan fingerprint density at radius 2 is 1.64 bits per heavy atom. The fourth-order valence-electron chi connectivity index (χ4n) is 3.70. The van der Waals surface area contributed by atoms with Crippen LogP contribution in [0, 0.1) is 13.8 Å². The third-order valence-electron chi connectivity index (χ3n) is 5.60. The van der Waals surface area contributed by atoms with Gasteiger partial charge in [-0.25, -0.2) is 4.68 Å². The summed E-state index contributed by atoms with van der Waals surface area (Å²) in [6, 6.07) is 22.2. The highest BCUT2D eigenvalue weighted by molar-refractivity contribution is 6.30. The summed E-state index contributed by atoms with van der Waals surface area (Å²) in [5, 5.41) is 8.07. The standard InChI is InChI=1S/C27H24ClN3O2/c1-4-19-9-15-22(16-10-19)31-26(29-27(33)23-8-6-5-7-17(23)2)24(25(32)18(3)30-31)20-11-13-21(28)14-12-20/h5-16H,4H2,1-3H3,(H,29,33). The number of nitrogens with one attached hydrogen (secondary N) is 1. The molecule has 3 aromatic carbocycles. The number of hydrogen-bond donors (Lipinski definition) is 1. The summed E-state index contributed by atoms with van der Waals surface area (Å²) in [6.07, 6.45) is 0.907. The van der Waals surface area contributed by atoms with Crippen LogP contribution in [0.15, 0.2) is 77.6 Å². The fraction of sp³-hybridized carbons (Fsp3) is 0.148. The van der Waals surface area contributed by atoms with Crippen LogP contribution < -0.4 is 10.7 Å². The summed E-state index contributed by atoms with van der Waals surface area (Å²) in [5.74, 6) is -0.00211. The Kier molecular flexibility index (Phi) is 6.43. The van der Waals surface area contributed by atoms with Gasteiger partial charge in [-0.1, -0.05) is 61.0 Å². The molecular weight excluding hydrogens is 434 g/mol. The highest BCUT2D eigenvalue weighted by Crippen LogP contribution is 2.29. The lowest BCUT2D eigenvalue weighted by Crippen LogP contribution is -2.25. The van der Waals surface area contributed by atoms with E-state index in [0.717, 1.165) is 17.7 Å². The molecule has 6 heteroatoms. The number of nitrogens with zero attached hydrogens (tertiary/aromatic N) is 2. The zero-order valence-electron chi connectivity index (χ0n) is 18.7. The summed E-state index contributed by atoms with van der Waals surface area (Å²) in [4.78, 5) is 26.6. The van der Waals surface area contributed by atoms with Crippen molar-refractivity contribution >= 4 is 23.3 Å². The van der Waals surface area contributed by atoms with E-state index < -0.39 is 0 Å². The molecule has 4 aromatic rings. The Hall–Kier alpha value is -3.70. The van der Waals surface area contributed by atoms with Crippen LogP contribution in [0.5, 0.6) is 0 Å². The number of anilines is 1. The van der Waals surface area contributed by atoms with Crippen molar-refractivity contribution in [1.82, 2.24) is 9.78 Å². The molecule has 0 bridgehead atoms. The molecule has 0 unspecified atom stereocenters. The molecule has 0 saturated heterocycles. The second-order valence-electron chi connectivity index (χ2n) is 7.85. The van der Waals surface area contributed by atoms with E-state index in [1.165, 1.54) is 5.56 Å². The predicted molar refractivity (Wildman–Crippen MR) is 134 cm³/mol. The van der Waals surface area contributed by atoms with Gasteiger partial charge in [0, 0.05) is 10.6 Å². The predicted octanol–water partition coefficient (Wildman–Crippen LogP) is 5.98. The highest BCUT2D eigenvalue weighted by atomic mass is 35.5. The largest absolute Gasteiger partial charge is 0.306 e. The molecule has 0 fully saturated rings. The molecule has 0 aliphatic carbocycles. The monoisotopic (exact) mass is 457 g/mol. The summed E-state index contributed by atoms with van der Waals surface area (Å²) < 4.78 is 1.62. The lowest BCUT2D eigenvalue weighted by molar-refractivity contribution is 0.102.